The van der Waals surface area contributed by atoms with Crippen LogP contribution in [0.5, 0.6) is 0 Å². The van der Waals surface area contributed by atoms with Gasteiger partial charge >= 0.3 is 6.09 Å². The predicted molar refractivity (Wildman–Crippen MR) is 104 cm³/mol. The average Bonchev–Trinajstić information content (AvgIpc) is 3.28. The zero-order valence-electron chi connectivity index (χ0n) is 15.2. The third kappa shape index (κ3) is 3.58. The van der Waals surface area contributed by atoms with E-state index in [2.05, 4.69) is 5.32 Å². The zero-order chi connectivity index (χ0) is 19.7. The number of hydrogen-bond acceptors (Lipinski definition) is 6. The third-order valence-corrected chi connectivity index (χ3v) is 5.65. The van der Waals surface area contributed by atoms with Crippen molar-refractivity contribution in [3.8, 4) is 0 Å². The van der Waals surface area contributed by atoms with Gasteiger partial charge < -0.3 is 19.7 Å². The van der Waals surface area contributed by atoms with Crippen molar-refractivity contribution in [1.29, 1.82) is 0 Å². The number of thiophene rings is 1. The fourth-order valence-electron chi connectivity index (χ4n) is 3.17. The summed E-state index contributed by atoms with van der Waals surface area (Å²) in [4.78, 5) is 40.2. The molecule has 3 amide bonds. The van der Waals surface area contributed by atoms with E-state index in [9.17, 15) is 14.4 Å². The summed E-state index contributed by atoms with van der Waals surface area (Å²) in [5.41, 5.74) is 2.28. The highest BCUT2D eigenvalue weighted by molar-refractivity contribution is 7.12. The van der Waals surface area contributed by atoms with Crippen molar-refractivity contribution >= 4 is 40.6 Å². The number of hydrogen-bond donors (Lipinski definition) is 1. The Balaban J connectivity index is 1.42. The lowest BCUT2D eigenvalue weighted by Gasteiger charge is -2.27. The van der Waals surface area contributed by atoms with Gasteiger partial charge in [-0.1, -0.05) is 0 Å². The molecular formula is C19H19N3O5S. The summed E-state index contributed by atoms with van der Waals surface area (Å²) < 4.78 is 10.4. The molecule has 2 aliphatic heterocycles. The van der Waals surface area contributed by atoms with Gasteiger partial charge in [0.25, 0.3) is 11.8 Å². The van der Waals surface area contributed by atoms with Gasteiger partial charge in [-0.15, -0.1) is 11.3 Å². The van der Waals surface area contributed by atoms with Crippen molar-refractivity contribution in [3.63, 3.8) is 0 Å². The van der Waals surface area contributed by atoms with Crippen molar-refractivity contribution in [2.75, 3.05) is 36.1 Å². The second-order valence-electron chi connectivity index (χ2n) is 6.50. The summed E-state index contributed by atoms with van der Waals surface area (Å²) in [5, 5.41) is 4.59. The highest BCUT2D eigenvalue weighted by Crippen LogP contribution is 2.25. The number of anilines is 2. The maximum absolute atomic E-state index is 12.3. The monoisotopic (exact) mass is 401 g/mol. The minimum atomic E-state index is -0.720. The Morgan fingerprint density at radius 2 is 1.86 bits per heavy atom. The Kier molecular flexibility index (Phi) is 5.01. The Hall–Kier alpha value is -2.91. The lowest BCUT2D eigenvalue weighted by Crippen LogP contribution is -2.41. The number of cyclic esters (lactones) is 1. The van der Waals surface area contributed by atoms with Gasteiger partial charge in [-0.2, -0.15) is 0 Å². The van der Waals surface area contributed by atoms with E-state index >= 15 is 0 Å². The summed E-state index contributed by atoms with van der Waals surface area (Å²) in [5.74, 6) is -0.348. The number of amides is 3. The molecule has 2 fully saturated rings. The number of benzene rings is 1. The largest absolute Gasteiger partial charge is 0.423 e. The Morgan fingerprint density at radius 3 is 2.50 bits per heavy atom. The molecule has 9 heteroatoms. The van der Waals surface area contributed by atoms with Crippen LogP contribution in [0.15, 0.2) is 35.7 Å². The molecule has 8 nitrogen and oxygen atoms in total. The molecule has 146 valence electrons. The molecule has 1 atom stereocenters. The van der Waals surface area contributed by atoms with Crippen LogP contribution in [0.3, 0.4) is 0 Å². The summed E-state index contributed by atoms with van der Waals surface area (Å²) in [6, 6.07) is 8.95. The van der Waals surface area contributed by atoms with Crippen molar-refractivity contribution in [1.82, 2.24) is 5.32 Å². The number of morpholine rings is 1. The van der Waals surface area contributed by atoms with E-state index in [0.29, 0.717) is 23.7 Å². The van der Waals surface area contributed by atoms with Crippen LogP contribution in [-0.4, -0.2) is 50.4 Å². The van der Waals surface area contributed by atoms with Gasteiger partial charge in [0.05, 0.1) is 18.0 Å². The SMILES string of the molecule is Cc1ccsc1C(=O)N[C@@H]1CN(c2ccc(N3CCOCC3=O)cc2)C(=O)O1. The van der Waals surface area contributed by atoms with E-state index in [-0.39, 0.29) is 25.0 Å². The molecule has 1 aromatic heterocycles. The van der Waals surface area contributed by atoms with Gasteiger partial charge in [-0.25, -0.2) is 4.79 Å². The molecule has 0 bridgehead atoms. The standard InChI is InChI=1S/C19H19N3O5S/c1-12-6-9-28-17(12)18(24)20-15-10-22(19(25)27-15)14-4-2-13(3-5-14)21-7-8-26-11-16(21)23/h2-6,9,15H,7-8,10-11H2,1H3,(H,20,24)/t15-/m0/s1. The fourth-order valence-corrected chi connectivity index (χ4v) is 4.00. The molecule has 0 spiro atoms. The van der Waals surface area contributed by atoms with E-state index in [1.54, 1.807) is 29.2 Å². The van der Waals surface area contributed by atoms with Crippen LogP contribution < -0.4 is 15.1 Å². The Morgan fingerprint density at radius 1 is 1.14 bits per heavy atom. The van der Waals surface area contributed by atoms with Crippen molar-refractivity contribution in [2.45, 2.75) is 13.2 Å². The number of carbonyl (C=O) groups excluding carboxylic acids is 3. The molecule has 28 heavy (non-hydrogen) atoms. The predicted octanol–water partition coefficient (Wildman–Crippen LogP) is 2.13. The molecule has 0 saturated carbocycles. The first-order valence-electron chi connectivity index (χ1n) is 8.84. The highest BCUT2D eigenvalue weighted by Gasteiger charge is 2.34. The molecule has 0 unspecified atom stereocenters. The van der Waals surface area contributed by atoms with Crippen LogP contribution in [-0.2, 0) is 14.3 Å². The van der Waals surface area contributed by atoms with Crippen LogP contribution in [0.25, 0.3) is 0 Å². The highest BCUT2D eigenvalue weighted by atomic mass is 32.1. The van der Waals surface area contributed by atoms with Crippen LogP contribution >= 0.6 is 11.3 Å². The smallest absolute Gasteiger partial charge is 0.416 e. The van der Waals surface area contributed by atoms with Gasteiger partial charge in [-0.05, 0) is 48.2 Å². The zero-order valence-corrected chi connectivity index (χ0v) is 16.0. The number of ether oxygens (including phenoxy) is 2. The molecular weight excluding hydrogens is 382 g/mol. The number of rotatable bonds is 4. The molecule has 1 aromatic carbocycles. The van der Waals surface area contributed by atoms with Gasteiger partial charge in [-0.3, -0.25) is 14.5 Å². The maximum Gasteiger partial charge on any atom is 0.416 e. The summed E-state index contributed by atoms with van der Waals surface area (Å²) in [6.45, 7) is 3.15. The summed E-state index contributed by atoms with van der Waals surface area (Å²) >= 11 is 1.35. The van der Waals surface area contributed by atoms with Crippen LogP contribution in [0.2, 0.25) is 0 Å². The van der Waals surface area contributed by atoms with Crippen LogP contribution in [0.1, 0.15) is 15.2 Å². The quantitative estimate of drug-likeness (QED) is 0.848. The van der Waals surface area contributed by atoms with Gasteiger partial charge in [0.2, 0.25) is 0 Å². The van der Waals surface area contributed by atoms with E-state index < -0.39 is 12.3 Å². The molecule has 2 aliphatic rings. The van der Waals surface area contributed by atoms with Crippen molar-refractivity contribution in [3.05, 3.63) is 46.2 Å². The number of carbonyl (C=O) groups is 3. The molecule has 1 N–H and O–H groups in total. The first-order valence-corrected chi connectivity index (χ1v) is 9.72. The molecule has 2 saturated heterocycles. The second kappa shape index (κ2) is 7.61. The Labute approximate surface area is 165 Å². The fraction of sp³-hybridized carbons (Fsp3) is 0.316. The lowest BCUT2D eigenvalue weighted by atomic mass is 10.2. The third-order valence-electron chi connectivity index (χ3n) is 4.63. The maximum atomic E-state index is 12.3. The minimum absolute atomic E-state index is 0.0747. The summed E-state index contributed by atoms with van der Waals surface area (Å²) in [6.07, 6.45) is -1.25. The van der Waals surface area contributed by atoms with Gasteiger partial charge in [0, 0.05) is 17.9 Å². The first kappa shape index (κ1) is 18.5. The van der Waals surface area contributed by atoms with Crippen LogP contribution in [0, 0.1) is 6.92 Å². The molecule has 3 heterocycles. The van der Waals surface area contributed by atoms with Gasteiger partial charge in [0.15, 0.2) is 6.23 Å². The Bertz CT molecular complexity index is 911. The first-order chi connectivity index (χ1) is 13.5. The molecule has 4 rings (SSSR count). The number of nitrogens with one attached hydrogen (secondary N) is 1. The van der Waals surface area contributed by atoms with E-state index in [4.69, 9.17) is 9.47 Å². The second-order valence-corrected chi connectivity index (χ2v) is 7.42. The number of aryl methyl sites for hydroxylation is 1. The molecule has 0 radical (unpaired) electrons. The van der Waals surface area contributed by atoms with Crippen LogP contribution in [0.4, 0.5) is 16.2 Å². The molecule has 2 aromatic rings. The van der Waals surface area contributed by atoms with Crippen molar-refractivity contribution in [2.24, 2.45) is 0 Å². The van der Waals surface area contributed by atoms with E-state index in [1.165, 1.54) is 16.2 Å². The van der Waals surface area contributed by atoms with Gasteiger partial charge in [0.1, 0.15) is 6.61 Å². The summed E-state index contributed by atoms with van der Waals surface area (Å²) in [7, 11) is 0. The minimum Gasteiger partial charge on any atom is -0.423 e. The normalized spacial score (nSPS) is 19.7. The lowest BCUT2D eigenvalue weighted by molar-refractivity contribution is -0.125. The molecule has 0 aliphatic carbocycles. The topological polar surface area (TPSA) is 88.2 Å². The van der Waals surface area contributed by atoms with E-state index in [0.717, 1.165) is 11.3 Å². The van der Waals surface area contributed by atoms with Crippen molar-refractivity contribution < 1.29 is 23.9 Å². The van der Waals surface area contributed by atoms with E-state index in [1.807, 2.05) is 18.4 Å². The average molecular weight is 401 g/mol. The number of nitrogens with zero attached hydrogens (tertiary/aromatic N) is 2.